The van der Waals surface area contributed by atoms with Gasteiger partial charge in [0.05, 0.1) is 14.1 Å². The van der Waals surface area contributed by atoms with Gasteiger partial charge in [0.15, 0.2) is 6.04 Å². The second kappa shape index (κ2) is 4.18. The molecule has 1 heterocycles. The molecule has 0 aromatic rings. The minimum absolute atomic E-state index is 0.0606. The van der Waals surface area contributed by atoms with E-state index in [1.165, 1.54) is 0 Å². The number of hydrogen-bond acceptors (Lipinski definition) is 3. The smallest absolute Gasteiger partial charge is 0.298 e. The fourth-order valence-corrected chi connectivity index (χ4v) is 1.76. The number of rotatable bonds is 2. The molecule has 76 valence electrons. The highest BCUT2D eigenvalue weighted by molar-refractivity contribution is 7.80. The van der Waals surface area contributed by atoms with Crippen LogP contribution < -0.4 is 5.32 Å². The van der Waals surface area contributed by atoms with Crippen molar-refractivity contribution in [2.75, 3.05) is 27.2 Å². The minimum atomic E-state index is -0.284. The molecule has 1 N–H and O–H groups in total. The van der Waals surface area contributed by atoms with Gasteiger partial charge < -0.3 is 0 Å². The van der Waals surface area contributed by atoms with E-state index in [0.717, 1.165) is 17.8 Å². The number of carbonyl (C=O) groups excluding carboxylic acids is 1. The molecule has 0 unspecified atom stereocenters. The molecular formula is C10H15N2OS+. The van der Waals surface area contributed by atoms with Crippen LogP contribution in [0.25, 0.3) is 0 Å². The highest BCUT2D eigenvalue weighted by Gasteiger charge is 2.38. The van der Waals surface area contributed by atoms with Crippen molar-refractivity contribution in [3.8, 4) is 12.3 Å². The SMILES string of the molecule is C#CC[N+](C)(C)C(=O)[C@H]1NCCC1=S. The number of amides is 1. The molecule has 0 saturated carbocycles. The van der Waals surface area contributed by atoms with Crippen molar-refractivity contribution in [2.45, 2.75) is 12.5 Å². The van der Waals surface area contributed by atoms with Gasteiger partial charge in [-0.15, -0.1) is 6.42 Å². The first-order valence-electron chi connectivity index (χ1n) is 4.56. The second-order valence-electron chi connectivity index (χ2n) is 3.99. The molecule has 0 aromatic heterocycles. The molecule has 1 aliphatic heterocycles. The normalized spacial score (nSPS) is 22.1. The van der Waals surface area contributed by atoms with E-state index in [0.29, 0.717) is 6.54 Å². The van der Waals surface area contributed by atoms with Crippen LogP contribution in [0.1, 0.15) is 6.42 Å². The fourth-order valence-electron chi connectivity index (χ4n) is 1.48. The Morgan fingerprint density at radius 1 is 1.79 bits per heavy atom. The summed E-state index contributed by atoms with van der Waals surface area (Å²) in [5.74, 6) is 2.57. The Morgan fingerprint density at radius 3 is 2.86 bits per heavy atom. The number of quaternary nitrogens is 1. The summed E-state index contributed by atoms with van der Waals surface area (Å²) in [7, 11) is 3.62. The number of likely N-dealkylation sites (N-methyl/N-ethyl adjacent to an activating group) is 1. The van der Waals surface area contributed by atoms with Gasteiger partial charge >= 0.3 is 5.91 Å². The number of nitrogens with one attached hydrogen (secondary N) is 1. The van der Waals surface area contributed by atoms with Gasteiger partial charge in [0.1, 0.15) is 6.54 Å². The lowest BCUT2D eigenvalue weighted by molar-refractivity contribution is -0.806. The molecule has 1 amide bonds. The van der Waals surface area contributed by atoms with E-state index in [9.17, 15) is 4.79 Å². The average molecular weight is 211 g/mol. The number of hydrogen-bond donors (Lipinski definition) is 1. The van der Waals surface area contributed by atoms with Crippen LogP contribution in [0.5, 0.6) is 0 Å². The monoisotopic (exact) mass is 211 g/mol. The Morgan fingerprint density at radius 2 is 2.43 bits per heavy atom. The van der Waals surface area contributed by atoms with E-state index in [2.05, 4.69) is 11.2 Å². The van der Waals surface area contributed by atoms with Crippen LogP contribution in [-0.4, -0.2) is 48.5 Å². The molecule has 0 radical (unpaired) electrons. The van der Waals surface area contributed by atoms with E-state index < -0.39 is 0 Å². The number of nitrogens with zero attached hydrogens (tertiary/aromatic N) is 1. The predicted octanol–water partition coefficient (Wildman–Crippen LogP) is -0.0456. The van der Waals surface area contributed by atoms with Crippen LogP contribution in [0.15, 0.2) is 0 Å². The first-order chi connectivity index (χ1) is 6.49. The first-order valence-corrected chi connectivity index (χ1v) is 4.97. The summed E-state index contributed by atoms with van der Waals surface area (Å²) < 4.78 is 0.189. The maximum absolute atomic E-state index is 12.0. The summed E-state index contributed by atoms with van der Waals surface area (Å²) in [6, 6.07) is -0.284. The summed E-state index contributed by atoms with van der Waals surface area (Å²) in [6.45, 7) is 1.20. The number of thiocarbonyl (C=S) groups is 1. The lowest BCUT2D eigenvalue weighted by Gasteiger charge is -2.27. The van der Waals surface area contributed by atoms with Crippen LogP contribution in [0.2, 0.25) is 0 Å². The van der Waals surface area contributed by atoms with Gasteiger partial charge in [-0.05, 0) is 12.3 Å². The summed E-state index contributed by atoms with van der Waals surface area (Å²) in [5, 5.41) is 3.10. The highest BCUT2D eigenvalue weighted by atomic mass is 32.1. The Labute approximate surface area is 90.1 Å². The van der Waals surface area contributed by atoms with Gasteiger partial charge in [0, 0.05) is 11.4 Å². The van der Waals surface area contributed by atoms with E-state index in [-0.39, 0.29) is 16.4 Å². The van der Waals surface area contributed by atoms with Gasteiger partial charge in [0.2, 0.25) is 0 Å². The molecule has 0 spiro atoms. The lowest BCUT2D eigenvalue weighted by Crippen LogP contribution is -2.55. The lowest BCUT2D eigenvalue weighted by atomic mass is 10.2. The van der Waals surface area contributed by atoms with E-state index in [1.807, 2.05) is 14.1 Å². The Hall–Kier alpha value is -0.760. The zero-order valence-electron chi connectivity index (χ0n) is 8.54. The average Bonchev–Trinajstić information content (AvgIpc) is 2.50. The van der Waals surface area contributed by atoms with Crippen LogP contribution in [0, 0.1) is 12.3 Å². The van der Waals surface area contributed by atoms with Crippen molar-refractivity contribution in [3.05, 3.63) is 0 Å². The molecule has 14 heavy (non-hydrogen) atoms. The zero-order valence-corrected chi connectivity index (χ0v) is 9.36. The topological polar surface area (TPSA) is 29.1 Å². The van der Waals surface area contributed by atoms with Gasteiger partial charge in [-0.3, -0.25) is 9.80 Å². The molecule has 1 aliphatic rings. The summed E-state index contributed by atoms with van der Waals surface area (Å²) >= 11 is 5.12. The van der Waals surface area contributed by atoms with Gasteiger partial charge in [-0.1, -0.05) is 12.2 Å². The zero-order chi connectivity index (χ0) is 10.8. The largest absolute Gasteiger partial charge is 0.336 e. The summed E-state index contributed by atoms with van der Waals surface area (Å²) in [6.07, 6.45) is 6.02. The standard InChI is InChI=1S/C10H15N2OS/c1-4-7-12(2,3)10(13)9-8(14)5-6-11-9/h1,9,11H,5-7H2,2-3H3/q+1/t9-/m0/s1. The summed E-state index contributed by atoms with van der Waals surface area (Å²) in [4.78, 5) is 12.8. The van der Waals surface area contributed by atoms with Gasteiger partial charge in [0.25, 0.3) is 0 Å². The number of carbonyl (C=O) groups is 1. The Kier molecular flexibility index (Phi) is 3.38. The Balaban J connectivity index is 2.74. The van der Waals surface area contributed by atoms with Crippen molar-refractivity contribution >= 4 is 23.0 Å². The molecular weight excluding hydrogens is 196 g/mol. The van der Waals surface area contributed by atoms with E-state index in [1.54, 1.807) is 0 Å². The van der Waals surface area contributed by atoms with Crippen LogP contribution >= 0.6 is 12.2 Å². The fraction of sp³-hybridized carbons (Fsp3) is 0.600. The molecule has 1 rings (SSSR count). The van der Waals surface area contributed by atoms with Crippen molar-refractivity contribution in [3.63, 3.8) is 0 Å². The molecule has 0 aliphatic carbocycles. The molecule has 1 atom stereocenters. The minimum Gasteiger partial charge on any atom is -0.298 e. The predicted molar refractivity (Wildman–Crippen MR) is 59.8 cm³/mol. The third-order valence-corrected chi connectivity index (χ3v) is 2.81. The highest BCUT2D eigenvalue weighted by Crippen LogP contribution is 2.10. The summed E-state index contributed by atoms with van der Waals surface area (Å²) in [5.41, 5.74) is 0. The molecule has 0 aromatic carbocycles. The van der Waals surface area contributed by atoms with E-state index in [4.69, 9.17) is 18.6 Å². The third kappa shape index (κ3) is 2.18. The van der Waals surface area contributed by atoms with Gasteiger partial charge in [-0.25, -0.2) is 4.79 Å². The third-order valence-electron chi connectivity index (χ3n) is 2.37. The first kappa shape index (κ1) is 11.3. The van der Waals surface area contributed by atoms with Crippen LogP contribution in [0.3, 0.4) is 0 Å². The molecule has 3 nitrogen and oxygen atoms in total. The molecule has 1 saturated heterocycles. The van der Waals surface area contributed by atoms with Crippen molar-refractivity contribution in [1.29, 1.82) is 0 Å². The van der Waals surface area contributed by atoms with Gasteiger partial charge in [-0.2, -0.15) is 0 Å². The quantitative estimate of drug-likeness (QED) is 0.395. The maximum Gasteiger partial charge on any atom is 0.336 e. The van der Waals surface area contributed by atoms with Crippen LogP contribution in [-0.2, 0) is 4.79 Å². The van der Waals surface area contributed by atoms with Crippen molar-refractivity contribution in [2.24, 2.45) is 0 Å². The van der Waals surface area contributed by atoms with Crippen molar-refractivity contribution in [1.82, 2.24) is 5.32 Å². The second-order valence-corrected chi connectivity index (χ2v) is 4.51. The molecule has 1 fully saturated rings. The molecule has 0 bridgehead atoms. The van der Waals surface area contributed by atoms with Crippen LogP contribution in [0.4, 0.5) is 0 Å². The number of terminal acetylenes is 1. The molecule has 4 heteroatoms. The van der Waals surface area contributed by atoms with E-state index >= 15 is 0 Å². The maximum atomic E-state index is 12.0. The van der Waals surface area contributed by atoms with Crippen molar-refractivity contribution < 1.29 is 9.28 Å². The Bertz CT molecular complexity index is 304.